The van der Waals surface area contributed by atoms with E-state index in [1.54, 1.807) is 7.05 Å². The van der Waals surface area contributed by atoms with E-state index in [1.807, 2.05) is 18.2 Å². The second kappa shape index (κ2) is 5.19. The monoisotopic (exact) mass is 243 g/mol. The van der Waals surface area contributed by atoms with Crippen molar-refractivity contribution in [2.45, 2.75) is 13.0 Å². The number of nitrogens with one attached hydrogen (secondary N) is 1. The summed E-state index contributed by atoms with van der Waals surface area (Å²) in [6.07, 6.45) is 0. The molecule has 94 valence electrons. The van der Waals surface area contributed by atoms with Crippen LogP contribution in [0.4, 0.5) is 0 Å². The number of carbonyl (C=O) groups excluding carboxylic acids is 1. The quantitative estimate of drug-likeness (QED) is 0.842. The van der Waals surface area contributed by atoms with Gasteiger partial charge < -0.3 is 10.1 Å². The molecule has 1 unspecified atom stereocenters. The summed E-state index contributed by atoms with van der Waals surface area (Å²) in [4.78, 5) is 11.6. The van der Waals surface area contributed by atoms with Gasteiger partial charge in [-0.1, -0.05) is 35.9 Å². The number of benzene rings is 2. The van der Waals surface area contributed by atoms with Crippen molar-refractivity contribution >= 4 is 16.7 Å². The summed E-state index contributed by atoms with van der Waals surface area (Å²) in [5, 5.41) is 5.28. The first-order chi connectivity index (χ1) is 8.65. The minimum atomic E-state index is -0.416. The van der Waals surface area contributed by atoms with E-state index in [0.717, 1.165) is 10.9 Å². The van der Waals surface area contributed by atoms with Gasteiger partial charge in [0.1, 0.15) is 6.04 Å². The van der Waals surface area contributed by atoms with Crippen LogP contribution in [0.5, 0.6) is 0 Å². The summed E-state index contributed by atoms with van der Waals surface area (Å²) in [5.74, 6) is -0.274. The van der Waals surface area contributed by atoms with E-state index < -0.39 is 6.04 Å². The van der Waals surface area contributed by atoms with Crippen LogP contribution in [-0.2, 0) is 9.53 Å². The average molecular weight is 243 g/mol. The Morgan fingerprint density at radius 1 is 1.17 bits per heavy atom. The van der Waals surface area contributed by atoms with Crippen molar-refractivity contribution in [3.8, 4) is 0 Å². The van der Waals surface area contributed by atoms with Crippen LogP contribution in [0.3, 0.4) is 0 Å². The lowest BCUT2D eigenvalue weighted by atomic mass is 10.0. The van der Waals surface area contributed by atoms with E-state index in [-0.39, 0.29) is 5.97 Å². The number of methoxy groups -OCH3 is 1. The van der Waals surface area contributed by atoms with Gasteiger partial charge >= 0.3 is 5.97 Å². The third-order valence-electron chi connectivity index (χ3n) is 3.08. The number of ether oxygens (including phenoxy) is 1. The van der Waals surface area contributed by atoms with Crippen molar-refractivity contribution in [3.05, 3.63) is 47.5 Å². The molecule has 0 aliphatic heterocycles. The third kappa shape index (κ3) is 2.36. The highest BCUT2D eigenvalue weighted by molar-refractivity contribution is 5.86. The first kappa shape index (κ1) is 12.6. The fourth-order valence-electron chi connectivity index (χ4n) is 2.10. The molecule has 0 saturated carbocycles. The van der Waals surface area contributed by atoms with Gasteiger partial charge in [0.2, 0.25) is 0 Å². The predicted octanol–water partition coefficient (Wildman–Crippen LogP) is 2.58. The maximum absolute atomic E-state index is 11.6. The van der Waals surface area contributed by atoms with E-state index in [2.05, 4.69) is 30.4 Å². The van der Waals surface area contributed by atoms with Gasteiger partial charge in [0.15, 0.2) is 0 Å². The van der Waals surface area contributed by atoms with Gasteiger partial charge in [0, 0.05) is 0 Å². The Labute approximate surface area is 107 Å². The van der Waals surface area contributed by atoms with Crippen molar-refractivity contribution in [2.24, 2.45) is 0 Å². The molecular weight excluding hydrogens is 226 g/mol. The molecule has 3 heteroatoms. The highest BCUT2D eigenvalue weighted by atomic mass is 16.5. The van der Waals surface area contributed by atoms with E-state index in [9.17, 15) is 4.79 Å². The second-order valence-electron chi connectivity index (χ2n) is 4.35. The van der Waals surface area contributed by atoms with Crippen LogP contribution in [0, 0.1) is 6.92 Å². The zero-order valence-corrected chi connectivity index (χ0v) is 10.9. The van der Waals surface area contributed by atoms with Crippen LogP contribution in [0.15, 0.2) is 36.4 Å². The molecule has 0 bridgehead atoms. The van der Waals surface area contributed by atoms with Crippen LogP contribution in [0.2, 0.25) is 0 Å². The Kier molecular flexibility index (Phi) is 3.63. The van der Waals surface area contributed by atoms with Gasteiger partial charge in [-0.25, -0.2) is 4.79 Å². The van der Waals surface area contributed by atoms with Crippen molar-refractivity contribution in [2.75, 3.05) is 14.2 Å². The van der Waals surface area contributed by atoms with Gasteiger partial charge in [0.25, 0.3) is 0 Å². The van der Waals surface area contributed by atoms with Crippen LogP contribution in [0.25, 0.3) is 10.8 Å². The highest BCUT2D eigenvalue weighted by Gasteiger charge is 2.19. The maximum atomic E-state index is 11.6. The summed E-state index contributed by atoms with van der Waals surface area (Å²) in [5.41, 5.74) is 2.15. The minimum Gasteiger partial charge on any atom is -0.468 e. The van der Waals surface area contributed by atoms with E-state index >= 15 is 0 Å². The van der Waals surface area contributed by atoms with E-state index in [0.29, 0.717) is 0 Å². The van der Waals surface area contributed by atoms with Gasteiger partial charge in [0.05, 0.1) is 7.11 Å². The smallest absolute Gasteiger partial charge is 0.327 e. The molecule has 1 N–H and O–H groups in total. The molecule has 2 rings (SSSR count). The van der Waals surface area contributed by atoms with E-state index in [4.69, 9.17) is 4.74 Å². The van der Waals surface area contributed by atoms with Crippen molar-refractivity contribution in [1.29, 1.82) is 0 Å². The number of esters is 1. The molecule has 3 nitrogen and oxygen atoms in total. The normalized spacial score (nSPS) is 12.4. The number of hydrogen-bond acceptors (Lipinski definition) is 3. The molecule has 2 aromatic rings. The fraction of sp³-hybridized carbons (Fsp3) is 0.267. The molecule has 1 atom stereocenters. The Morgan fingerprint density at radius 2 is 1.83 bits per heavy atom. The van der Waals surface area contributed by atoms with Crippen LogP contribution < -0.4 is 5.32 Å². The lowest BCUT2D eigenvalue weighted by molar-refractivity contribution is -0.143. The Hall–Kier alpha value is -1.87. The fourth-order valence-corrected chi connectivity index (χ4v) is 2.10. The van der Waals surface area contributed by atoms with Crippen molar-refractivity contribution < 1.29 is 9.53 Å². The molecule has 0 spiro atoms. The number of fused-ring (bicyclic) bond motifs is 1. The predicted molar refractivity (Wildman–Crippen MR) is 72.5 cm³/mol. The molecule has 0 saturated heterocycles. The number of likely N-dealkylation sites (N-methyl/N-ethyl adjacent to an activating group) is 1. The minimum absolute atomic E-state index is 0.274. The Morgan fingerprint density at radius 3 is 2.50 bits per heavy atom. The lowest BCUT2D eigenvalue weighted by Crippen LogP contribution is -2.26. The molecule has 0 aliphatic rings. The summed E-state index contributed by atoms with van der Waals surface area (Å²) >= 11 is 0. The summed E-state index contributed by atoms with van der Waals surface area (Å²) in [6, 6.07) is 11.9. The second-order valence-corrected chi connectivity index (χ2v) is 4.35. The van der Waals surface area contributed by atoms with Gasteiger partial charge in [-0.15, -0.1) is 0 Å². The maximum Gasteiger partial charge on any atom is 0.327 e. The molecule has 2 aromatic carbocycles. The van der Waals surface area contributed by atoms with Gasteiger partial charge in [-0.3, -0.25) is 0 Å². The zero-order chi connectivity index (χ0) is 13.1. The first-order valence-electron chi connectivity index (χ1n) is 5.91. The lowest BCUT2D eigenvalue weighted by Gasteiger charge is -2.14. The van der Waals surface area contributed by atoms with Crippen molar-refractivity contribution in [1.82, 2.24) is 5.32 Å². The molecule has 0 amide bonds. The number of aryl methyl sites for hydroxylation is 1. The average Bonchev–Trinajstić information content (AvgIpc) is 2.39. The Balaban J connectivity index is 2.46. The highest BCUT2D eigenvalue weighted by Crippen LogP contribution is 2.22. The first-order valence-corrected chi connectivity index (χ1v) is 5.91. The summed E-state index contributed by atoms with van der Waals surface area (Å²) in [7, 11) is 3.15. The molecule has 0 heterocycles. The van der Waals surface area contributed by atoms with Crippen LogP contribution >= 0.6 is 0 Å². The van der Waals surface area contributed by atoms with Crippen LogP contribution in [-0.4, -0.2) is 20.1 Å². The molecule has 18 heavy (non-hydrogen) atoms. The van der Waals surface area contributed by atoms with Crippen LogP contribution in [0.1, 0.15) is 17.2 Å². The molecule has 0 aliphatic carbocycles. The molecular formula is C15H17NO2. The third-order valence-corrected chi connectivity index (χ3v) is 3.08. The zero-order valence-electron chi connectivity index (χ0n) is 10.9. The standard InChI is InChI=1S/C15H17NO2/c1-10-4-5-12-9-13(7-6-11(12)8-10)14(16-2)15(17)18-3/h4-9,14,16H,1-3H3. The molecule has 0 radical (unpaired) electrons. The topological polar surface area (TPSA) is 38.3 Å². The summed E-state index contributed by atoms with van der Waals surface area (Å²) < 4.78 is 4.79. The number of carbonyl (C=O) groups is 1. The van der Waals surface area contributed by atoms with E-state index in [1.165, 1.54) is 18.1 Å². The van der Waals surface area contributed by atoms with Gasteiger partial charge in [-0.2, -0.15) is 0 Å². The van der Waals surface area contributed by atoms with Crippen molar-refractivity contribution in [3.63, 3.8) is 0 Å². The number of hydrogen-bond donors (Lipinski definition) is 1. The SMILES string of the molecule is CNC(C(=O)OC)c1ccc2cc(C)ccc2c1. The largest absolute Gasteiger partial charge is 0.468 e. The molecule has 0 fully saturated rings. The Bertz CT molecular complexity index is 578. The number of rotatable bonds is 3. The van der Waals surface area contributed by atoms with Gasteiger partial charge in [-0.05, 0) is 36.4 Å². The molecule has 0 aromatic heterocycles. The summed E-state index contributed by atoms with van der Waals surface area (Å²) in [6.45, 7) is 2.07.